The molecule has 178 valence electrons. The van der Waals surface area contributed by atoms with Crippen LogP contribution in [0.2, 0.25) is 0 Å². The normalized spacial score (nSPS) is 15.6. The van der Waals surface area contributed by atoms with Gasteiger partial charge in [-0.1, -0.05) is 0 Å². The Balaban J connectivity index is 1.45. The van der Waals surface area contributed by atoms with Crippen molar-refractivity contribution in [3.8, 4) is 11.3 Å². The van der Waals surface area contributed by atoms with Gasteiger partial charge in [0.2, 0.25) is 0 Å². The summed E-state index contributed by atoms with van der Waals surface area (Å²) in [5, 5.41) is 21.2. The molecule has 5 rings (SSSR count). The van der Waals surface area contributed by atoms with E-state index in [9.17, 15) is 13.6 Å². The van der Waals surface area contributed by atoms with Crippen LogP contribution in [0.1, 0.15) is 23.4 Å². The van der Waals surface area contributed by atoms with E-state index < -0.39 is 11.8 Å². The van der Waals surface area contributed by atoms with Gasteiger partial charge >= 0.3 is 0 Å². The van der Waals surface area contributed by atoms with Crippen molar-refractivity contribution in [2.24, 2.45) is 0 Å². The van der Waals surface area contributed by atoms with Gasteiger partial charge in [-0.15, -0.1) is 0 Å². The first-order chi connectivity index (χ1) is 16.4. The van der Waals surface area contributed by atoms with Gasteiger partial charge in [-0.05, 0) is 18.2 Å². The number of furan rings is 1. The number of benzene rings is 1. The predicted molar refractivity (Wildman–Crippen MR) is 120 cm³/mol. The molecule has 0 saturated carbocycles. The van der Waals surface area contributed by atoms with Gasteiger partial charge in [0.1, 0.15) is 11.3 Å². The Kier molecular flexibility index (Phi) is 5.65. The molecule has 0 aliphatic carbocycles. The highest BCUT2D eigenvalue weighted by Gasteiger charge is 2.35. The van der Waals surface area contributed by atoms with E-state index in [1.807, 2.05) is 0 Å². The summed E-state index contributed by atoms with van der Waals surface area (Å²) in [5.74, 6) is -2.66. The Morgan fingerprint density at radius 3 is 2.79 bits per heavy atom. The quantitative estimate of drug-likeness (QED) is 0.320. The second-order valence-corrected chi connectivity index (χ2v) is 7.95. The van der Waals surface area contributed by atoms with Gasteiger partial charge in [-0.25, -0.2) is 8.78 Å². The minimum atomic E-state index is -2.71. The van der Waals surface area contributed by atoms with Gasteiger partial charge in [0, 0.05) is 44.7 Å². The number of fused-ring (bicyclic) bond motifs is 1. The van der Waals surface area contributed by atoms with Crippen LogP contribution in [0.4, 0.5) is 26.2 Å². The van der Waals surface area contributed by atoms with Gasteiger partial charge < -0.3 is 29.5 Å². The second-order valence-electron chi connectivity index (χ2n) is 7.95. The summed E-state index contributed by atoms with van der Waals surface area (Å²) < 4.78 is 38.8. The molecule has 1 aliphatic heterocycles. The van der Waals surface area contributed by atoms with Crippen LogP contribution in [0.3, 0.4) is 0 Å². The number of nitrogens with one attached hydrogen (secondary N) is 3. The van der Waals surface area contributed by atoms with Crippen molar-refractivity contribution in [1.29, 1.82) is 0 Å². The number of aromatic nitrogens is 3. The number of anilines is 3. The second kappa shape index (κ2) is 8.78. The summed E-state index contributed by atoms with van der Waals surface area (Å²) in [5.41, 5.74) is 2.51. The van der Waals surface area contributed by atoms with Crippen LogP contribution in [0.5, 0.6) is 0 Å². The largest absolute Gasteiger partial charge is 0.451 e. The number of aliphatic hydroxyl groups is 1. The molecule has 1 aromatic carbocycles. The Labute approximate surface area is 191 Å². The standard InChI is InChI=1S/C22H22F2N6O4/c23-22(24)3-6-30(7-4-22)16-9-15-19(34-21(29-15)25-5-8-31)10-14(16)28-20(32)18-2-1-17(33-18)13-11-26-27-12-13/h1-2,9-12,31H,3-8H2,(H,25,29)(H,26,27)(H,28,32). The van der Waals surface area contributed by atoms with Gasteiger partial charge in [-0.3, -0.25) is 9.89 Å². The number of amides is 1. The molecule has 34 heavy (non-hydrogen) atoms. The Hall–Kier alpha value is -3.93. The highest BCUT2D eigenvalue weighted by Crippen LogP contribution is 2.37. The SMILES string of the molecule is O=C(Nc1cc2oc(NCCO)nc2cc1N1CCC(F)(F)CC1)c1ccc(-c2cn[nH]c2)o1. The molecule has 0 radical (unpaired) electrons. The molecule has 4 aromatic rings. The van der Waals surface area contributed by atoms with Crippen LogP contribution in [0.15, 0.2) is 45.5 Å². The number of carbonyl (C=O) groups is 1. The number of nitrogens with zero attached hydrogens (tertiary/aromatic N) is 3. The number of carbonyl (C=O) groups excluding carboxylic acids is 1. The van der Waals surface area contributed by atoms with Crippen molar-refractivity contribution in [2.45, 2.75) is 18.8 Å². The van der Waals surface area contributed by atoms with E-state index in [2.05, 4.69) is 25.8 Å². The van der Waals surface area contributed by atoms with E-state index in [4.69, 9.17) is 13.9 Å². The zero-order valence-corrected chi connectivity index (χ0v) is 18.0. The maximum atomic E-state index is 13.7. The van der Waals surface area contributed by atoms with E-state index in [-0.39, 0.29) is 50.9 Å². The fourth-order valence-electron chi connectivity index (χ4n) is 3.82. The number of alkyl halides is 2. The van der Waals surface area contributed by atoms with Crippen LogP contribution in [0, 0.1) is 0 Å². The lowest BCUT2D eigenvalue weighted by molar-refractivity contribution is -0.0220. The minimum absolute atomic E-state index is 0.0790. The molecule has 0 spiro atoms. The summed E-state index contributed by atoms with van der Waals surface area (Å²) >= 11 is 0. The Morgan fingerprint density at radius 1 is 1.24 bits per heavy atom. The summed E-state index contributed by atoms with van der Waals surface area (Å²) in [7, 11) is 0. The fourth-order valence-corrected chi connectivity index (χ4v) is 3.82. The Bertz CT molecular complexity index is 1290. The molecule has 3 aromatic heterocycles. The number of aromatic amines is 1. The molecular formula is C22H22F2N6O4. The first-order valence-electron chi connectivity index (χ1n) is 10.7. The molecule has 1 amide bonds. The third kappa shape index (κ3) is 4.44. The number of rotatable bonds is 7. The predicted octanol–water partition coefficient (Wildman–Crippen LogP) is 3.70. The summed E-state index contributed by atoms with van der Waals surface area (Å²) in [6, 6.07) is 6.71. The molecular weight excluding hydrogens is 450 g/mol. The third-order valence-corrected chi connectivity index (χ3v) is 5.59. The first-order valence-corrected chi connectivity index (χ1v) is 10.7. The van der Waals surface area contributed by atoms with Crippen molar-refractivity contribution in [3.05, 3.63) is 42.4 Å². The van der Waals surface area contributed by atoms with Crippen molar-refractivity contribution in [1.82, 2.24) is 15.2 Å². The smallest absolute Gasteiger partial charge is 0.295 e. The number of piperidine rings is 1. The van der Waals surface area contributed by atoms with E-state index in [1.165, 1.54) is 0 Å². The van der Waals surface area contributed by atoms with Crippen molar-refractivity contribution >= 4 is 34.4 Å². The number of halogens is 2. The van der Waals surface area contributed by atoms with E-state index in [0.29, 0.717) is 33.8 Å². The lowest BCUT2D eigenvalue weighted by atomic mass is 10.1. The van der Waals surface area contributed by atoms with Crippen molar-refractivity contribution < 1.29 is 27.5 Å². The minimum Gasteiger partial charge on any atom is -0.451 e. The van der Waals surface area contributed by atoms with Gasteiger partial charge in [-0.2, -0.15) is 10.1 Å². The number of hydrogen-bond acceptors (Lipinski definition) is 8. The monoisotopic (exact) mass is 472 g/mol. The van der Waals surface area contributed by atoms with Gasteiger partial charge in [0.25, 0.3) is 17.8 Å². The molecule has 1 aliphatic rings. The lowest BCUT2D eigenvalue weighted by Crippen LogP contribution is -2.39. The molecule has 0 bridgehead atoms. The van der Waals surface area contributed by atoms with E-state index in [0.717, 1.165) is 0 Å². The van der Waals surface area contributed by atoms with Gasteiger partial charge in [0.15, 0.2) is 11.3 Å². The molecule has 1 fully saturated rings. The maximum absolute atomic E-state index is 13.7. The van der Waals surface area contributed by atoms with Crippen LogP contribution < -0.4 is 15.5 Å². The van der Waals surface area contributed by atoms with Crippen molar-refractivity contribution in [3.63, 3.8) is 0 Å². The van der Waals surface area contributed by atoms with Crippen LogP contribution in [-0.2, 0) is 0 Å². The average Bonchev–Trinajstić information content (AvgIpc) is 3.57. The summed E-state index contributed by atoms with van der Waals surface area (Å²) in [4.78, 5) is 19.1. The first kappa shape index (κ1) is 21.9. The molecule has 0 unspecified atom stereocenters. The highest BCUT2D eigenvalue weighted by atomic mass is 19.3. The number of H-pyrrole nitrogens is 1. The lowest BCUT2D eigenvalue weighted by Gasteiger charge is -2.34. The molecule has 4 heterocycles. The third-order valence-electron chi connectivity index (χ3n) is 5.59. The maximum Gasteiger partial charge on any atom is 0.295 e. The number of aliphatic hydroxyl groups excluding tert-OH is 1. The number of hydrogen-bond donors (Lipinski definition) is 4. The highest BCUT2D eigenvalue weighted by molar-refractivity contribution is 6.06. The van der Waals surface area contributed by atoms with Crippen molar-refractivity contribution in [2.75, 3.05) is 41.8 Å². The fraction of sp³-hybridized carbons (Fsp3) is 0.318. The molecule has 10 nitrogen and oxygen atoms in total. The van der Waals surface area contributed by atoms with Gasteiger partial charge in [0.05, 0.1) is 29.7 Å². The summed E-state index contributed by atoms with van der Waals surface area (Å²) in [6.45, 7) is 0.402. The molecule has 1 saturated heterocycles. The summed E-state index contributed by atoms with van der Waals surface area (Å²) in [6.07, 6.45) is 2.65. The number of oxazole rings is 1. The zero-order chi connectivity index (χ0) is 23.7. The topological polar surface area (TPSA) is 132 Å². The van der Waals surface area contributed by atoms with Crippen LogP contribution >= 0.6 is 0 Å². The average molecular weight is 472 g/mol. The molecule has 0 atom stereocenters. The molecule has 4 N–H and O–H groups in total. The van der Waals surface area contributed by atoms with E-state index in [1.54, 1.807) is 41.6 Å². The van der Waals surface area contributed by atoms with E-state index >= 15 is 0 Å². The Morgan fingerprint density at radius 2 is 2.06 bits per heavy atom. The zero-order valence-electron chi connectivity index (χ0n) is 18.0. The van der Waals surface area contributed by atoms with Crippen LogP contribution in [-0.4, -0.2) is 58.4 Å². The van der Waals surface area contributed by atoms with Crippen LogP contribution in [0.25, 0.3) is 22.4 Å². The molecule has 12 heteroatoms.